The molecule has 0 fully saturated rings. The van der Waals surface area contributed by atoms with Crippen molar-refractivity contribution in [2.45, 2.75) is 64.2 Å². The zero-order valence-corrected chi connectivity index (χ0v) is 10.6. The number of carboxylic acid groups (broad SMARTS) is 1. The Kier molecular flexibility index (Phi) is 9.81. The Hall–Kier alpha value is -1.46. The predicted molar refractivity (Wildman–Crippen MR) is 65.8 cm³/mol. The molecule has 0 aliphatic rings. The highest BCUT2D eigenvalue weighted by molar-refractivity contribution is 5.67. The number of aliphatic carboxylic acids is 1. The summed E-state index contributed by atoms with van der Waals surface area (Å²) < 4.78 is 0. The van der Waals surface area contributed by atoms with Crippen molar-refractivity contribution in [1.29, 1.82) is 0 Å². The van der Waals surface area contributed by atoms with Crippen LogP contribution in [0.3, 0.4) is 0 Å². The van der Waals surface area contributed by atoms with Crippen molar-refractivity contribution < 1.29 is 19.6 Å². The normalized spacial score (nSPS) is 10.2. The number of carboxylic acids is 1. The van der Waals surface area contributed by atoms with Crippen molar-refractivity contribution in [2.24, 2.45) is 0 Å². The third-order valence-electron chi connectivity index (χ3n) is 2.73. The Bertz CT molecular complexity index is 278. The van der Waals surface area contributed by atoms with Gasteiger partial charge < -0.3 is 5.11 Å². The summed E-state index contributed by atoms with van der Waals surface area (Å²) in [5.74, 6) is -1.64. The van der Waals surface area contributed by atoms with Gasteiger partial charge in [-0.25, -0.2) is 4.79 Å². The van der Waals surface area contributed by atoms with Crippen LogP contribution in [0.15, 0.2) is 0 Å². The molecule has 6 heteroatoms. The summed E-state index contributed by atoms with van der Waals surface area (Å²) in [6.07, 6.45) is 7.47. The molecule has 0 heterocycles. The van der Waals surface area contributed by atoms with Crippen LogP contribution in [0.4, 0.5) is 0 Å². The number of hydrogen-bond acceptors (Lipinski definition) is 4. The second-order valence-corrected chi connectivity index (χ2v) is 4.37. The lowest BCUT2D eigenvalue weighted by molar-refractivity contribution is -0.402. The summed E-state index contributed by atoms with van der Waals surface area (Å²) in [4.78, 5) is 30.1. The van der Waals surface area contributed by atoms with E-state index >= 15 is 0 Å². The van der Waals surface area contributed by atoms with E-state index in [1.165, 1.54) is 0 Å². The lowest BCUT2D eigenvalue weighted by atomic mass is 10.1. The molecule has 0 aromatic heterocycles. The summed E-state index contributed by atoms with van der Waals surface area (Å²) in [6, 6.07) is 0. The summed E-state index contributed by atoms with van der Waals surface area (Å²) >= 11 is 0. The minimum atomic E-state index is -0.899. The third-order valence-corrected chi connectivity index (χ3v) is 2.73. The van der Waals surface area contributed by atoms with E-state index in [1.54, 1.807) is 0 Å². The molecule has 0 atom stereocenters. The summed E-state index contributed by atoms with van der Waals surface area (Å²) in [5.41, 5.74) is 0. The van der Waals surface area contributed by atoms with Gasteiger partial charge in [-0.1, -0.05) is 38.5 Å². The van der Waals surface area contributed by atoms with Crippen molar-refractivity contribution in [3.05, 3.63) is 10.1 Å². The Labute approximate surface area is 107 Å². The summed E-state index contributed by atoms with van der Waals surface area (Å²) in [5, 5.41) is 18.4. The Morgan fingerprint density at radius 1 is 0.833 bits per heavy atom. The molecule has 0 aromatic rings. The molecule has 0 saturated heterocycles. The summed E-state index contributed by atoms with van der Waals surface area (Å²) in [6.45, 7) is 0. The van der Waals surface area contributed by atoms with Crippen LogP contribution in [0.5, 0.6) is 0 Å². The number of carbonyl (C=O) groups excluding carboxylic acids is 1. The highest BCUT2D eigenvalue weighted by Gasteiger charge is 2.12. The molecule has 0 spiro atoms. The van der Waals surface area contributed by atoms with Gasteiger partial charge >= 0.3 is 11.9 Å². The van der Waals surface area contributed by atoms with Crippen LogP contribution < -0.4 is 0 Å². The van der Waals surface area contributed by atoms with E-state index in [-0.39, 0.29) is 12.8 Å². The first-order valence-corrected chi connectivity index (χ1v) is 6.43. The first-order chi connectivity index (χ1) is 8.54. The maximum atomic E-state index is 10.7. The van der Waals surface area contributed by atoms with Gasteiger partial charge in [-0.15, -0.1) is 0 Å². The van der Waals surface area contributed by atoms with Crippen molar-refractivity contribution in [2.75, 3.05) is 0 Å². The van der Waals surface area contributed by atoms with Gasteiger partial charge in [0.15, 0.2) is 0 Å². The van der Waals surface area contributed by atoms with Crippen LogP contribution in [-0.2, 0) is 9.59 Å². The Morgan fingerprint density at radius 3 is 1.61 bits per heavy atom. The minimum Gasteiger partial charge on any atom is -0.481 e. The average molecular weight is 259 g/mol. The summed E-state index contributed by atoms with van der Waals surface area (Å²) in [7, 11) is 0. The smallest absolute Gasteiger partial charge is 0.444 e. The quantitative estimate of drug-likeness (QED) is 0.349. The molecule has 0 bridgehead atoms. The fourth-order valence-electron chi connectivity index (χ4n) is 1.70. The van der Waals surface area contributed by atoms with Crippen molar-refractivity contribution >= 4 is 11.9 Å². The van der Waals surface area contributed by atoms with Crippen molar-refractivity contribution in [3.8, 4) is 0 Å². The van der Waals surface area contributed by atoms with Gasteiger partial charge in [0, 0.05) is 6.42 Å². The predicted octanol–water partition coefficient (Wildman–Crippen LogP) is 2.78. The molecule has 1 amide bonds. The van der Waals surface area contributed by atoms with Gasteiger partial charge in [0.05, 0.1) is 6.42 Å². The molecule has 0 aliphatic carbocycles. The van der Waals surface area contributed by atoms with Gasteiger partial charge in [0.1, 0.15) is 4.92 Å². The molecular weight excluding hydrogens is 238 g/mol. The van der Waals surface area contributed by atoms with Gasteiger partial charge in [0.2, 0.25) is 0 Å². The topological polar surface area (TPSA) is 97.5 Å². The van der Waals surface area contributed by atoms with E-state index in [4.69, 9.17) is 5.11 Å². The largest absolute Gasteiger partial charge is 0.481 e. The number of unbranched alkanes of at least 4 members (excludes halogenated alkanes) is 7. The Morgan fingerprint density at radius 2 is 1.22 bits per heavy atom. The van der Waals surface area contributed by atoms with E-state index in [0.29, 0.717) is 6.42 Å². The van der Waals surface area contributed by atoms with E-state index in [2.05, 4.69) is 0 Å². The van der Waals surface area contributed by atoms with E-state index in [1.807, 2.05) is 0 Å². The monoisotopic (exact) mass is 259 g/mol. The molecule has 0 unspecified atom stereocenters. The van der Waals surface area contributed by atoms with Gasteiger partial charge in [-0.2, -0.15) is 0 Å². The number of carbonyl (C=O) groups is 2. The van der Waals surface area contributed by atoms with Crippen LogP contribution in [0.25, 0.3) is 0 Å². The maximum absolute atomic E-state index is 10.7. The molecule has 6 nitrogen and oxygen atoms in total. The zero-order chi connectivity index (χ0) is 13.8. The highest BCUT2D eigenvalue weighted by Crippen LogP contribution is 2.10. The number of nitro groups is 1. The van der Waals surface area contributed by atoms with Crippen LogP contribution >= 0.6 is 0 Å². The SMILES string of the molecule is O=C(O)CCCCCCCCCCC(=O)[N+](=O)[O-]. The number of rotatable bonds is 11. The van der Waals surface area contributed by atoms with Gasteiger partial charge in [-0.3, -0.25) is 14.9 Å². The maximum Gasteiger partial charge on any atom is 0.444 e. The van der Waals surface area contributed by atoms with Crippen molar-refractivity contribution in [1.82, 2.24) is 0 Å². The fourth-order valence-corrected chi connectivity index (χ4v) is 1.70. The molecule has 0 radical (unpaired) electrons. The number of nitrogens with zero attached hydrogens (tertiary/aromatic N) is 1. The Balaban J connectivity index is 3.14. The second kappa shape index (κ2) is 10.7. The van der Waals surface area contributed by atoms with E-state index in [9.17, 15) is 19.7 Å². The lowest BCUT2D eigenvalue weighted by Crippen LogP contribution is -2.10. The van der Waals surface area contributed by atoms with Crippen LogP contribution in [0, 0.1) is 10.1 Å². The number of amides is 1. The van der Waals surface area contributed by atoms with Crippen molar-refractivity contribution in [3.63, 3.8) is 0 Å². The average Bonchev–Trinajstić information content (AvgIpc) is 2.30. The van der Waals surface area contributed by atoms with Crippen LogP contribution in [0.2, 0.25) is 0 Å². The zero-order valence-electron chi connectivity index (χ0n) is 10.6. The van der Waals surface area contributed by atoms with E-state index < -0.39 is 16.8 Å². The molecule has 1 N–H and O–H groups in total. The molecule has 104 valence electrons. The molecule has 18 heavy (non-hydrogen) atoms. The third kappa shape index (κ3) is 11.0. The molecule has 0 aromatic carbocycles. The molecule has 0 aliphatic heterocycles. The first kappa shape index (κ1) is 16.5. The van der Waals surface area contributed by atoms with Gasteiger partial charge in [0.25, 0.3) is 0 Å². The number of hydrogen-bond donors (Lipinski definition) is 1. The molecular formula is C12H21NO5. The fraction of sp³-hybridized carbons (Fsp3) is 0.833. The van der Waals surface area contributed by atoms with E-state index in [0.717, 1.165) is 44.9 Å². The first-order valence-electron chi connectivity index (χ1n) is 6.43. The standard InChI is InChI=1S/C12H21NO5/c14-11(13(17)18)9-7-5-3-1-2-4-6-8-10-12(15)16/h1-10H2,(H,15,16). The molecule has 0 saturated carbocycles. The second-order valence-electron chi connectivity index (χ2n) is 4.37. The lowest BCUT2D eigenvalue weighted by Gasteiger charge is -2.00. The minimum absolute atomic E-state index is 0.0333. The van der Waals surface area contributed by atoms with Crippen LogP contribution in [0.1, 0.15) is 64.2 Å². The van der Waals surface area contributed by atoms with Gasteiger partial charge in [-0.05, 0) is 12.8 Å². The molecule has 0 rings (SSSR count). The highest BCUT2D eigenvalue weighted by atomic mass is 16.6. The van der Waals surface area contributed by atoms with Crippen LogP contribution in [-0.4, -0.2) is 21.9 Å².